The molecule has 0 saturated carbocycles. The maximum absolute atomic E-state index is 11.3. The molecule has 1 heterocycles. The fourth-order valence-corrected chi connectivity index (χ4v) is 1.26. The van der Waals surface area contributed by atoms with E-state index < -0.39 is 22.7 Å². The maximum atomic E-state index is 11.3. The summed E-state index contributed by atoms with van der Waals surface area (Å²) in [5.74, 6) is 0. The van der Waals surface area contributed by atoms with Crippen molar-refractivity contribution in [2.24, 2.45) is 0 Å². The van der Waals surface area contributed by atoms with E-state index in [1.807, 2.05) is 9.97 Å². The largest absolute Gasteiger partial charge is 0.396 e. The molecule has 1 aromatic heterocycles. The van der Waals surface area contributed by atoms with Crippen LogP contribution in [0.15, 0.2) is 14.4 Å². The Morgan fingerprint density at radius 3 is 2.19 bits per heavy atom. The van der Waals surface area contributed by atoms with Crippen LogP contribution in [0.5, 0.6) is 0 Å². The highest BCUT2D eigenvalue weighted by Gasteiger charge is 2.22. The van der Waals surface area contributed by atoms with Crippen molar-refractivity contribution in [3.63, 3.8) is 0 Å². The third-order valence-electron chi connectivity index (χ3n) is 2.08. The number of H-pyrrole nitrogens is 2. The Morgan fingerprint density at radius 1 is 1.25 bits per heavy atom. The molecule has 16 heavy (non-hydrogen) atoms. The number of aromatic amines is 2. The van der Waals surface area contributed by atoms with Crippen molar-refractivity contribution in [2.45, 2.75) is 25.5 Å². The summed E-state index contributed by atoms with van der Waals surface area (Å²) in [5.41, 5.74) is -4.09. The van der Waals surface area contributed by atoms with E-state index in [2.05, 4.69) is 0 Å². The SMILES string of the molecule is CC(O)(CCO)Cn1c(=O)[nH]c(=O)[nH]c1=O. The number of hydrogen-bond donors (Lipinski definition) is 4. The summed E-state index contributed by atoms with van der Waals surface area (Å²) in [5, 5.41) is 18.4. The Balaban J connectivity index is 3.12. The predicted octanol–water partition coefficient (Wildman–Crippen LogP) is -2.64. The second-order valence-electron chi connectivity index (χ2n) is 3.75. The fraction of sp³-hybridized carbons (Fsp3) is 0.625. The van der Waals surface area contributed by atoms with Crippen molar-refractivity contribution >= 4 is 0 Å². The van der Waals surface area contributed by atoms with Gasteiger partial charge in [-0.1, -0.05) is 0 Å². The lowest BCUT2D eigenvalue weighted by molar-refractivity contribution is 0.0152. The van der Waals surface area contributed by atoms with Gasteiger partial charge < -0.3 is 10.2 Å². The molecule has 1 rings (SSSR count). The maximum Gasteiger partial charge on any atom is 0.333 e. The van der Waals surface area contributed by atoms with Gasteiger partial charge in [-0.2, -0.15) is 0 Å². The summed E-state index contributed by atoms with van der Waals surface area (Å²) in [4.78, 5) is 37.0. The second kappa shape index (κ2) is 4.45. The van der Waals surface area contributed by atoms with Gasteiger partial charge in [0.1, 0.15) is 0 Å². The zero-order valence-corrected chi connectivity index (χ0v) is 8.69. The van der Waals surface area contributed by atoms with Crippen molar-refractivity contribution in [1.82, 2.24) is 14.5 Å². The minimum atomic E-state index is -1.40. The molecule has 0 saturated heterocycles. The van der Waals surface area contributed by atoms with Gasteiger partial charge in [0.25, 0.3) is 0 Å². The van der Waals surface area contributed by atoms with E-state index in [9.17, 15) is 19.5 Å². The molecule has 0 aromatic carbocycles. The molecule has 0 aliphatic heterocycles. The van der Waals surface area contributed by atoms with Crippen LogP contribution in [0.3, 0.4) is 0 Å². The van der Waals surface area contributed by atoms with Gasteiger partial charge in [-0.15, -0.1) is 0 Å². The van der Waals surface area contributed by atoms with E-state index in [0.29, 0.717) is 4.57 Å². The zero-order chi connectivity index (χ0) is 12.3. The molecule has 0 aliphatic rings. The number of aliphatic hydroxyl groups is 2. The van der Waals surface area contributed by atoms with Gasteiger partial charge in [0.15, 0.2) is 0 Å². The van der Waals surface area contributed by atoms with Gasteiger partial charge >= 0.3 is 17.1 Å². The third-order valence-corrected chi connectivity index (χ3v) is 2.08. The first-order chi connectivity index (χ1) is 7.35. The summed E-state index contributed by atoms with van der Waals surface area (Å²) in [6, 6.07) is 0. The molecule has 0 fully saturated rings. The van der Waals surface area contributed by atoms with Gasteiger partial charge in [0, 0.05) is 13.0 Å². The Bertz CT molecular complexity index is 489. The fourth-order valence-electron chi connectivity index (χ4n) is 1.26. The second-order valence-corrected chi connectivity index (χ2v) is 3.75. The average Bonchev–Trinajstić information content (AvgIpc) is 2.11. The van der Waals surface area contributed by atoms with E-state index in [4.69, 9.17) is 5.11 Å². The van der Waals surface area contributed by atoms with Crippen molar-refractivity contribution in [3.05, 3.63) is 31.5 Å². The third kappa shape index (κ3) is 2.91. The highest BCUT2D eigenvalue weighted by Crippen LogP contribution is 2.09. The Labute approximate surface area is 89.2 Å². The lowest BCUT2D eigenvalue weighted by Gasteiger charge is -2.21. The van der Waals surface area contributed by atoms with Gasteiger partial charge in [-0.3, -0.25) is 9.97 Å². The van der Waals surface area contributed by atoms with E-state index in [0.717, 1.165) is 0 Å². The molecule has 0 bridgehead atoms. The van der Waals surface area contributed by atoms with Crippen LogP contribution in [0.25, 0.3) is 0 Å². The lowest BCUT2D eigenvalue weighted by atomic mass is 10.0. The van der Waals surface area contributed by atoms with Crippen LogP contribution < -0.4 is 17.1 Å². The van der Waals surface area contributed by atoms with E-state index in [-0.39, 0.29) is 19.6 Å². The van der Waals surface area contributed by atoms with E-state index >= 15 is 0 Å². The van der Waals surface area contributed by atoms with Crippen molar-refractivity contribution in [3.8, 4) is 0 Å². The number of nitrogens with zero attached hydrogens (tertiary/aromatic N) is 1. The minimum absolute atomic E-state index is 0.0119. The monoisotopic (exact) mass is 231 g/mol. The quantitative estimate of drug-likeness (QED) is 0.450. The van der Waals surface area contributed by atoms with Crippen LogP contribution in [-0.2, 0) is 6.54 Å². The van der Waals surface area contributed by atoms with Crippen LogP contribution in [0, 0.1) is 0 Å². The van der Waals surface area contributed by atoms with Crippen LogP contribution in [0.4, 0.5) is 0 Å². The molecule has 8 nitrogen and oxygen atoms in total. The molecule has 90 valence electrons. The standard InChI is InChI=1S/C8H13N3O5/c1-8(16,2-3-12)4-11-6(14)9-5(13)10-7(11)15/h12,16H,2-4H2,1H3,(H2,9,10,13,14,15). The zero-order valence-electron chi connectivity index (χ0n) is 8.69. The summed E-state index contributed by atoms with van der Waals surface area (Å²) in [6.07, 6.45) is 0.0119. The number of aromatic nitrogens is 3. The summed E-state index contributed by atoms with van der Waals surface area (Å²) in [6.45, 7) is 0.793. The number of rotatable bonds is 4. The number of hydrogen-bond acceptors (Lipinski definition) is 5. The van der Waals surface area contributed by atoms with Gasteiger partial charge in [-0.05, 0) is 6.92 Å². The molecular weight excluding hydrogens is 218 g/mol. The molecule has 1 aromatic rings. The topological polar surface area (TPSA) is 128 Å². The van der Waals surface area contributed by atoms with E-state index in [1.165, 1.54) is 6.92 Å². The van der Waals surface area contributed by atoms with Crippen molar-refractivity contribution in [2.75, 3.05) is 6.61 Å². The first-order valence-electron chi connectivity index (χ1n) is 4.62. The predicted molar refractivity (Wildman–Crippen MR) is 54.3 cm³/mol. The summed E-state index contributed by atoms with van der Waals surface area (Å²) in [7, 11) is 0. The Morgan fingerprint density at radius 2 is 1.75 bits per heavy atom. The van der Waals surface area contributed by atoms with Crippen molar-refractivity contribution < 1.29 is 10.2 Å². The highest BCUT2D eigenvalue weighted by atomic mass is 16.3. The molecule has 0 radical (unpaired) electrons. The molecule has 4 N–H and O–H groups in total. The van der Waals surface area contributed by atoms with Crippen molar-refractivity contribution in [1.29, 1.82) is 0 Å². The van der Waals surface area contributed by atoms with E-state index in [1.54, 1.807) is 0 Å². The van der Waals surface area contributed by atoms with Crippen LogP contribution in [-0.4, -0.2) is 37.0 Å². The Hall–Kier alpha value is -1.67. The summed E-state index contributed by atoms with van der Waals surface area (Å²) >= 11 is 0. The molecular formula is C8H13N3O5. The van der Waals surface area contributed by atoms with Gasteiger partial charge in [0.2, 0.25) is 0 Å². The average molecular weight is 231 g/mol. The summed E-state index contributed by atoms with van der Waals surface area (Å²) < 4.78 is 0.664. The molecule has 0 spiro atoms. The molecule has 0 aliphatic carbocycles. The Kier molecular flexibility index (Phi) is 3.45. The molecule has 1 unspecified atom stereocenters. The van der Waals surface area contributed by atoms with Gasteiger partial charge in [0.05, 0.1) is 12.1 Å². The molecule has 8 heteroatoms. The first kappa shape index (κ1) is 12.4. The van der Waals surface area contributed by atoms with Crippen LogP contribution in [0.1, 0.15) is 13.3 Å². The molecule has 0 amide bonds. The molecule has 1 atom stereocenters. The van der Waals surface area contributed by atoms with Crippen LogP contribution in [0.2, 0.25) is 0 Å². The van der Waals surface area contributed by atoms with Gasteiger partial charge in [-0.25, -0.2) is 19.0 Å². The number of nitrogens with one attached hydrogen (secondary N) is 2. The number of aliphatic hydroxyl groups excluding tert-OH is 1. The lowest BCUT2D eigenvalue weighted by Crippen LogP contribution is -2.48. The first-order valence-corrected chi connectivity index (χ1v) is 4.62. The smallest absolute Gasteiger partial charge is 0.333 e. The normalized spacial score (nSPS) is 14.7. The van der Waals surface area contributed by atoms with Crippen LogP contribution >= 0.6 is 0 Å². The minimum Gasteiger partial charge on any atom is -0.396 e. The highest BCUT2D eigenvalue weighted by molar-refractivity contribution is 4.77.